The third-order valence-corrected chi connectivity index (χ3v) is 4.25. The predicted molar refractivity (Wildman–Crippen MR) is 77.1 cm³/mol. The molecule has 0 radical (unpaired) electrons. The highest BCUT2D eigenvalue weighted by Crippen LogP contribution is 2.32. The Morgan fingerprint density at radius 3 is 2.86 bits per heavy atom. The number of fused-ring (bicyclic) bond motifs is 1. The van der Waals surface area contributed by atoms with Crippen LogP contribution in [-0.4, -0.2) is 36.1 Å². The van der Waals surface area contributed by atoms with Crippen LogP contribution in [0.2, 0.25) is 0 Å². The van der Waals surface area contributed by atoms with Crippen LogP contribution < -0.4 is 5.32 Å². The van der Waals surface area contributed by atoms with Gasteiger partial charge in [-0.1, -0.05) is 15.9 Å². The smallest absolute Gasteiger partial charge is 0.258 e. The highest BCUT2D eigenvalue weighted by atomic mass is 79.9. The lowest BCUT2D eigenvalue weighted by Gasteiger charge is -2.22. The lowest BCUT2D eigenvalue weighted by Crippen LogP contribution is -2.37. The maximum atomic E-state index is 13.8. The molecule has 0 aromatic heterocycles. The quantitative estimate of drug-likeness (QED) is 0.815. The maximum Gasteiger partial charge on any atom is 0.258 e. The van der Waals surface area contributed by atoms with Crippen molar-refractivity contribution in [3.8, 4) is 0 Å². The zero-order valence-electron chi connectivity index (χ0n) is 11.4. The first-order chi connectivity index (χ1) is 9.99. The maximum absolute atomic E-state index is 13.8. The van der Waals surface area contributed by atoms with Crippen LogP contribution in [0.4, 0.5) is 4.39 Å². The number of carbonyl (C=O) groups excluding carboxylic acids is 3. The van der Waals surface area contributed by atoms with Crippen LogP contribution in [0.15, 0.2) is 16.6 Å². The summed E-state index contributed by atoms with van der Waals surface area (Å²) < 4.78 is 14.4. The van der Waals surface area contributed by atoms with Crippen molar-refractivity contribution in [2.24, 2.45) is 0 Å². The van der Waals surface area contributed by atoms with Crippen LogP contribution in [0.3, 0.4) is 0 Å². The first-order valence-electron chi connectivity index (χ1n) is 6.43. The number of carbonyl (C=O) groups is 3. The number of amides is 2. The Hall–Kier alpha value is -1.76. The second kappa shape index (κ2) is 6.34. The summed E-state index contributed by atoms with van der Waals surface area (Å²) in [6.45, 7) is 0.156. The Bertz CT molecular complexity index is 606. The van der Waals surface area contributed by atoms with Gasteiger partial charge in [0.1, 0.15) is 12.1 Å². The van der Waals surface area contributed by atoms with Gasteiger partial charge in [-0.05, 0) is 18.6 Å². The molecule has 112 valence electrons. The summed E-state index contributed by atoms with van der Waals surface area (Å²) >= 11 is 3.28. The Morgan fingerprint density at radius 1 is 1.57 bits per heavy atom. The Kier molecular flexibility index (Phi) is 4.72. The van der Waals surface area contributed by atoms with Crippen molar-refractivity contribution in [1.82, 2.24) is 10.2 Å². The molecule has 0 saturated heterocycles. The van der Waals surface area contributed by atoms with E-state index in [-0.39, 0.29) is 30.9 Å². The van der Waals surface area contributed by atoms with Crippen LogP contribution in [0.1, 0.15) is 28.8 Å². The number of rotatable bonds is 5. The minimum Gasteiger partial charge on any atom is -0.359 e. The van der Waals surface area contributed by atoms with E-state index in [4.69, 9.17) is 0 Å². The van der Waals surface area contributed by atoms with Crippen molar-refractivity contribution in [2.75, 3.05) is 7.05 Å². The number of nitrogens with zero attached hydrogens (tertiary/aromatic N) is 1. The molecule has 0 aliphatic carbocycles. The van der Waals surface area contributed by atoms with E-state index >= 15 is 0 Å². The summed E-state index contributed by atoms with van der Waals surface area (Å²) in [6, 6.07) is 2.00. The molecule has 0 spiro atoms. The molecular weight excluding hydrogens is 343 g/mol. The molecule has 1 aromatic rings. The summed E-state index contributed by atoms with van der Waals surface area (Å²) in [4.78, 5) is 36.1. The number of hydrogen-bond donors (Lipinski definition) is 1. The molecule has 1 N–H and O–H groups in total. The average Bonchev–Trinajstić information content (AvgIpc) is 2.82. The summed E-state index contributed by atoms with van der Waals surface area (Å²) in [5.74, 6) is -1.33. The number of nitrogens with one attached hydrogen (secondary N) is 1. The molecule has 2 amide bonds. The van der Waals surface area contributed by atoms with Gasteiger partial charge >= 0.3 is 0 Å². The molecule has 1 aromatic carbocycles. The third-order valence-electron chi connectivity index (χ3n) is 3.51. The predicted octanol–water partition coefficient (Wildman–Crippen LogP) is 1.64. The molecule has 0 saturated carbocycles. The van der Waals surface area contributed by atoms with E-state index in [1.807, 2.05) is 0 Å². The molecule has 1 heterocycles. The summed E-state index contributed by atoms with van der Waals surface area (Å²) in [5, 5.41) is 2.46. The van der Waals surface area contributed by atoms with Crippen molar-refractivity contribution in [3.05, 3.63) is 33.5 Å². The molecule has 1 atom stereocenters. The highest BCUT2D eigenvalue weighted by Gasteiger charge is 2.36. The molecule has 1 aliphatic rings. The topological polar surface area (TPSA) is 66.5 Å². The van der Waals surface area contributed by atoms with Gasteiger partial charge in [-0.25, -0.2) is 4.39 Å². The monoisotopic (exact) mass is 356 g/mol. The Morgan fingerprint density at radius 2 is 2.29 bits per heavy atom. The Balaban J connectivity index is 2.21. The van der Waals surface area contributed by atoms with E-state index in [1.165, 1.54) is 24.1 Å². The molecule has 2 rings (SSSR count). The summed E-state index contributed by atoms with van der Waals surface area (Å²) in [5.41, 5.74) is 0.531. The third kappa shape index (κ3) is 2.97. The average molecular weight is 357 g/mol. The normalized spacial score (nSPS) is 14.8. The van der Waals surface area contributed by atoms with Crippen LogP contribution in [0, 0.1) is 5.82 Å². The van der Waals surface area contributed by atoms with Gasteiger partial charge in [0, 0.05) is 30.0 Å². The second-order valence-corrected chi connectivity index (χ2v) is 5.59. The molecule has 1 unspecified atom stereocenters. The van der Waals surface area contributed by atoms with Crippen molar-refractivity contribution < 1.29 is 18.8 Å². The van der Waals surface area contributed by atoms with E-state index in [1.54, 1.807) is 0 Å². The van der Waals surface area contributed by atoms with E-state index in [0.29, 0.717) is 16.3 Å². The number of halogens is 2. The van der Waals surface area contributed by atoms with E-state index < -0.39 is 17.8 Å². The summed E-state index contributed by atoms with van der Waals surface area (Å²) in [7, 11) is 1.50. The molecule has 0 bridgehead atoms. The molecule has 21 heavy (non-hydrogen) atoms. The minimum absolute atomic E-state index is 0.00355. The number of hydrogen-bond acceptors (Lipinski definition) is 3. The lowest BCUT2D eigenvalue weighted by molar-refractivity contribution is -0.121. The van der Waals surface area contributed by atoms with Gasteiger partial charge in [0.2, 0.25) is 5.91 Å². The first kappa shape index (κ1) is 15.6. The minimum atomic E-state index is -0.742. The highest BCUT2D eigenvalue weighted by molar-refractivity contribution is 9.10. The van der Waals surface area contributed by atoms with Gasteiger partial charge in [-0.15, -0.1) is 0 Å². The zero-order valence-corrected chi connectivity index (χ0v) is 12.9. The van der Waals surface area contributed by atoms with Crippen LogP contribution in [-0.2, 0) is 16.1 Å². The van der Waals surface area contributed by atoms with Crippen molar-refractivity contribution in [2.45, 2.75) is 25.4 Å². The van der Waals surface area contributed by atoms with Gasteiger partial charge in [-0.2, -0.15) is 0 Å². The SMILES string of the molecule is CNC(=O)CCC(C=O)N1Cc2c(Br)ccc(F)c2C1=O. The second-order valence-electron chi connectivity index (χ2n) is 4.73. The van der Waals surface area contributed by atoms with E-state index in [0.717, 1.165) is 0 Å². The molecular formula is C14H14BrFN2O3. The van der Waals surface area contributed by atoms with Gasteiger partial charge in [0.05, 0.1) is 11.6 Å². The zero-order chi connectivity index (χ0) is 15.6. The van der Waals surface area contributed by atoms with Crippen molar-refractivity contribution >= 4 is 34.0 Å². The largest absolute Gasteiger partial charge is 0.359 e. The van der Waals surface area contributed by atoms with E-state index in [9.17, 15) is 18.8 Å². The summed E-state index contributed by atoms with van der Waals surface area (Å²) in [6.07, 6.45) is 0.963. The van der Waals surface area contributed by atoms with Gasteiger partial charge in [0.15, 0.2) is 0 Å². The number of aldehydes is 1. The first-order valence-corrected chi connectivity index (χ1v) is 7.22. The Labute approximate surface area is 129 Å². The van der Waals surface area contributed by atoms with E-state index in [2.05, 4.69) is 21.2 Å². The molecule has 7 heteroatoms. The fourth-order valence-electron chi connectivity index (χ4n) is 2.33. The number of benzene rings is 1. The van der Waals surface area contributed by atoms with Crippen LogP contribution >= 0.6 is 15.9 Å². The molecule has 5 nitrogen and oxygen atoms in total. The van der Waals surface area contributed by atoms with Gasteiger partial charge < -0.3 is 15.0 Å². The molecule has 0 fully saturated rings. The fourth-order valence-corrected chi connectivity index (χ4v) is 2.79. The van der Waals surface area contributed by atoms with Gasteiger partial charge in [-0.3, -0.25) is 9.59 Å². The van der Waals surface area contributed by atoms with Crippen LogP contribution in [0.5, 0.6) is 0 Å². The van der Waals surface area contributed by atoms with Gasteiger partial charge in [0.25, 0.3) is 5.91 Å². The fraction of sp³-hybridized carbons (Fsp3) is 0.357. The van der Waals surface area contributed by atoms with Crippen molar-refractivity contribution in [3.63, 3.8) is 0 Å². The standard InChI is InChI=1S/C14H14BrFN2O3/c1-17-12(20)5-2-8(7-19)18-6-9-10(15)3-4-11(16)13(9)14(18)21/h3-4,7-8H,2,5-6H2,1H3,(H,17,20). The lowest BCUT2D eigenvalue weighted by atomic mass is 10.1. The van der Waals surface area contributed by atoms with Crippen molar-refractivity contribution in [1.29, 1.82) is 0 Å². The molecule has 1 aliphatic heterocycles. The van der Waals surface area contributed by atoms with Crippen LogP contribution in [0.25, 0.3) is 0 Å².